The van der Waals surface area contributed by atoms with Gasteiger partial charge in [0.1, 0.15) is 5.75 Å². The van der Waals surface area contributed by atoms with E-state index >= 15 is 0 Å². The predicted molar refractivity (Wildman–Crippen MR) is 69.4 cm³/mol. The van der Waals surface area contributed by atoms with Crippen LogP contribution in [-0.2, 0) is 4.79 Å². The molecule has 0 bridgehead atoms. The Balaban J connectivity index is 2.27. The lowest BCUT2D eigenvalue weighted by Crippen LogP contribution is -2.28. The summed E-state index contributed by atoms with van der Waals surface area (Å²) in [5.74, 6) is 0.658. The van der Waals surface area contributed by atoms with Crippen molar-refractivity contribution in [2.75, 3.05) is 20.2 Å². The zero-order valence-electron chi connectivity index (χ0n) is 10.2. The first-order chi connectivity index (χ1) is 8.63. The fourth-order valence-electron chi connectivity index (χ4n) is 1.32. The van der Waals surface area contributed by atoms with E-state index in [1.807, 2.05) is 6.07 Å². The fraction of sp³-hybridized carbons (Fsp3) is 0.385. The number of rotatable bonds is 6. The summed E-state index contributed by atoms with van der Waals surface area (Å²) >= 11 is 5.74. The molecule has 5 heteroatoms. The molecule has 0 saturated carbocycles. The maximum atomic E-state index is 11.6. The molecule has 1 aromatic carbocycles. The van der Waals surface area contributed by atoms with Crippen LogP contribution < -0.4 is 4.74 Å². The molecule has 0 aromatic heterocycles. The van der Waals surface area contributed by atoms with Gasteiger partial charge in [-0.25, -0.2) is 0 Å². The summed E-state index contributed by atoms with van der Waals surface area (Å²) in [6.07, 6.45) is 0.644. The highest BCUT2D eigenvalue weighted by atomic mass is 35.5. The lowest BCUT2D eigenvalue weighted by atomic mass is 10.3. The van der Waals surface area contributed by atoms with Gasteiger partial charge < -0.3 is 9.64 Å². The molecule has 4 nitrogen and oxygen atoms in total. The third-order valence-corrected chi connectivity index (χ3v) is 2.64. The van der Waals surface area contributed by atoms with Gasteiger partial charge in [0.25, 0.3) is 0 Å². The molecule has 1 amide bonds. The van der Waals surface area contributed by atoms with Gasteiger partial charge in [-0.15, -0.1) is 0 Å². The second-order valence-electron chi connectivity index (χ2n) is 3.78. The Morgan fingerprint density at radius 3 is 2.72 bits per heavy atom. The zero-order valence-corrected chi connectivity index (χ0v) is 11.0. The van der Waals surface area contributed by atoms with Crippen LogP contribution >= 0.6 is 11.6 Å². The Labute approximate surface area is 112 Å². The molecule has 18 heavy (non-hydrogen) atoms. The molecule has 0 N–H and O–H groups in total. The van der Waals surface area contributed by atoms with E-state index in [9.17, 15) is 4.79 Å². The molecule has 0 aliphatic rings. The first kappa shape index (κ1) is 14.3. The maximum absolute atomic E-state index is 11.6. The topological polar surface area (TPSA) is 53.3 Å². The van der Waals surface area contributed by atoms with Crippen LogP contribution in [0.4, 0.5) is 0 Å². The fourth-order valence-corrected chi connectivity index (χ4v) is 1.45. The molecule has 0 fully saturated rings. The third-order valence-electron chi connectivity index (χ3n) is 2.38. The van der Waals surface area contributed by atoms with E-state index < -0.39 is 0 Å². The molecular weight excluding hydrogens is 252 g/mol. The zero-order chi connectivity index (χ0) is 13.4. The monoisotopic (exact) mass is 266 g/mol. The van der Waals surface area contributed by atoms with E-state index in [1.165, 1.54) is 4.90 Å². The standard InChI is InChI=1S/C13H15ClN2O2/c1-16(9-2-8-15)13(17)7-10-18-12-5-3-11(14)4-6-12/h3-6H,2,7,9-10H2,1H3. The lowest BCUT2D eigenvalue weighted by Gasteiger charge is -2.15. The summed E-state index contributed by atoms with van der Waals surface area (Å²) in [6, 6.07) is 8.98. The average Bonchev–Trinajstić information content (AvgIpc) is 2.38. The minimum Gasteiger partial charge on any atom is -0.493 e. The number of amides is 1. The van der Waals surface area contributed by atoms with Crippen LogP contribution in [0.5, 0.6) is 5.75 Å². The highest BCUT2D eigenvalue weighted by Gasteiger charge is 2.08. The van der Waals surface area contributed by atoms with Crippen LogP contribution in [-0.4, -0.2) is 31.0 Å². The third kappa shape index (κ3) is 5.07. The number of nitrogens with zero attached hydrogens (tertiary/aromatic N) is 2. The second-order valence-corrected chi connectivity index (χ2v) is 4.21. The van der Waals surface area contributed by atoms with Gasteiger partial charge in [0, 0.05) is 18.6 Å². The first-order valence-electron chi connectivity index (χ1n) is 5.63. The van der Waals surface area contributed by atoms with Crippen LogP contribution in [0, 0.1) is 11.3 Å². The lowest BCUT2D eigenvalue weighted by molar-refractivity contribution is -0.130. The van der Waals surface area contributed by atoms with Gasteiger partial charge in [-0.1, -0.05) is 11.6 Å². The van der Waals surface area contributed by atoms with E-state index in [1.54, 1.807) is 31.3 Å². The van der Waals surface area contributed by atoms with Gasteiger partial charge in [0.05, 0.1) is 25.5 Å². The highest BCUT2D eigenvalue weighted by Crippen LogP contribution is 2.15. The molecule has 0 saturated heterocycles. The van der Waals surface area contributed by atoms with Gasteiger partial charge in [0.15, 0.2) is 0 Å². The van der Waals surface area contributed by atoms with Crippen molar-refractivity contribution in [3.63, 3.8) is 0 Å². The number of nitriles is 1. The van der Waals surface area contributed by atoms with Crippen molar-refractivity contribution in [1.82, 2.24) is 4.90 Å². The number of benzene rings is 1. The van der Waals surface area contributed by atoms with Gasteiger partial charge >= 0.3 is 0 Å². The van der Waals surface area contributed by atoms with Crippen LogP contribution in [0.2, 0.25) is 5.02 Å². The SMILES string of the molecule is CN(CCC#N)C(=O)CCOc1ccc(Cl)cc1. The molecule has 0 spiro atoms. The van der Waals surface area contributed by atoms with Crippen LogP contribution in [0.1, 0.15) is 12.8 Å². The van der Waals surface area contributed by atoms with Crippen molar-refractivity contribution in [3.05, 3.63) is 29.3 Å². The molecule has 0 atom stereocenters. The smallest absolute Gasteiger partial charge is 0.225 e. The Kier molecular flexibility index (Phi) is 6.03. The van der Waals surface area contributed by atoms with Crippen LogP contribution in [0.3, 0.4) is 0 Å². The van der Waals surface area contributed by atoms with E-state index in [-0.39, 0.29) is 5.91 Å². The molecule has 96 valence electrons. The maximum Gasteiger partial charge on any atom is 0.225 e. The van der Waals surface area contributed by atoms with Crippen LogP contribution in [0.25, 0.3) is 0 Å². The minimum absolute atomic E-state index is 0.0285. The molecule has 1 aromatic rings. The van der Waals surface area contributed by atoms with Crippen molar-refractivity contribution < 1.29 is 9.53 Å². The second kappa shape index (κ2) is 7.57. The summed E-state index contributed by atoms with van der Waals surface area (Å²) in [5, 5.41) is 9.07. The quantitative estimate of drug-likeness (QED) is 0.795. The Morgan fingerprint density at radius 1 is 1.44 bits per heavy atom. The summed E-state index contributed by atoms with van der Waals surface area (Å²) in [5.41, 5.74) is 0. The van der Waals surface area contributed by atoms with Crippen LogP contribution in [0.15, 0.2) is 24.3 Å². The Bertz CT molecular complexity index is 426. The Hall–Kier alpha value is -1.73. The summed E-state index contributed by atoms with van der Waals surface area (Å²) in [7, 11) is 1.68. The molecule has 0 unspecified atom stereocenters. The average molecular weight is 267 g/mol. The summed E-state index contributed by atoms with van der Waals surface area (Å²) < 4.78 is 5.42. The van der Waals surface area contributed by atoms with Crippen molar-refractivity contribution >= 4 is 17.5 Å². The van der Waals surface area contributed by atoms with E-state index in [4.69, 9.17) is 21.6 Å². The number of carbonyl (C=O) groups is 1. The van der Waals surface area contributed by atoms with Crippen molar-refractivity contribution in [3.8, 4) is 11.8 Å². The molecule has 0 aliphatic carbocycles. The van der Waals surface area contributed by atoms with E-state index in [2.05, 4.69) is 0 Å². The Morgan fingerprint density at radius 2 is 2.11 bits per heavy atom. The molecular formula is C13H15ClN2O2. The summed E-state index contributed by atoms with van der Waals surface area (Å²) in [6.45, 7) is 0.771. The molecule has 0 aliphatic heterocycles. The van der Waals surface area contributed by atoms with Gasteiger partial charge in [-0.2, -0.15) is 5.26 Å². The number of hydrogen-bond donors (Lipinski definition) is 0. The molecule has 0 radical (unpaired) electrons. The molecule has 1 rings (SSSR count). The van der Waals surface area contributed by atoms with Crippen molar-refractivity contribution in [2.24, 2.45) is 0 Å². The minimum atomic E-state index is -0.0285. The van der Waals surface area contributed by atoms with Crippen molar-refractivity contribution in [1.29, 1.82) is 5.26 Å². The number of carbonyl (C=O) groups excluding carboxylic acids is 1. The van der Waals surface area contributed by atoms with E-state index in [0.29, 0.717) is 36.8 Å². The van der Waals surface area contributed by atoms with Gasteiger partial charge in [-0.05, 0) is 24.3 Å². The normalized spacial score (nSPS) is 9.61. The number of halogens is 1. The number of hydrogen-bond acceptors (Lipinski definition) is 3. The first-order valence-corrected chi connectivity index (χ1v) is 6.00. The van der Waals surface area contributed by atoms with Gasteiger partial charge in [0.2, 0.25) is 5.91 Å². The summed E-state index contributed by atoms with van der Waals surface area (Å²) in [4.78, 5) is 13.1. The highest BCUT2D eigenvalue weighted by molar-refractivity contribution is 6.30. The van der Waals surface area contributed by atoms with Crippen molar-refractivity contribution in [2.45, 2.75) is 12.8 Å². The number of ether oxygens (including phenoxy) is 1. The largest absolute Gasteiger partial charge is 0.493 e. The molecule has 0 heterocycles. The van der Waals surface area contributed by atoms with E-state index in [0.717, 1.165) is 0 Å². The predicted octanol–water partition coefficient (Wildman–Crippen LogP) is 2.48. The van der Waals surface area contributed by atoms with Gasteiger partial charge in [-0.3, -0.25) is 4.79 Å².